The van der Waals surface area contributed by atoms with Gasteiger partial charge in [0.25, 0.3) is 0 Å². The van der Waals surface area contributed by atoms with Gasteiger partial charge in [0.15, 0.2) is 11.5 Å². The number of nitrogens with one attached hydrogen (secondary N) is 1. The van der Waals surface area contributed by atoms with E-state index in [1.54, 1.807) is 19.2 Å². The Balaban J connectivity index is 2.25. The maximum absolute atomic E-state index is 11.1. The van der Waals surface area contributed by atoms with E-state index < -0.39 is 6.23 Å². The molecule has 0 fully saturated rings. The highest BCUT2D eigenvalue weighted by atomic mass is 16.3. The van der Waals surface area contributed by atoms with E-state index in [-0.39, 0.29) is 5.78 Å². The van der Waals surface area contributed by atoms with Gasteiger partial charge in [-0.25, -0.2) is 0 Å². The number of hydrogen-bond donors (Lipinski definition) is 2. The molecule has 4 nitrogen and oxygen atoms in total. The number of rotatable bonds is 4. The van der Waals surface area contributed by atoms with Crippen LogP contribution >= 0.6 is 0 Å². The van der Waals surface area contributed by atoms with Gasteiger partial charge in [-0.2, -0.15) is 0 Å². The molecular weight excluding hydrogens is 230 g/mol. The molecule has 94 valence electrons. The molecule has 4 heteroatoms. The predicted octanol–water partition coefficient (Wildman–Crippen LogP) is 2.36. The van der Waals surface area contributed by atoms with Gasteiger partial charge < -0.3 is 9.52 Å². The summed E-state index contributed by atoms with van der Waals surface area (Å²) in [6.45, 7) is 1.47. The van der Waals surface area contributed by atoms with Gasteiger partial charge in [-0.1, -0.05) is 24.3 Å². The molecule has 18 heavy (non-hydrogen) atoms. The molecule has 1 unspecified atom stereocenters. The smallest absolute Gasteiger partial charge is 0.194 e. The van der Waals surface area contributed by atoms with Crippen molar-refractivity contribution in [1.82, 2.24) is 5.32 Å². The lowest BCUT2D eigenvalue weighted by molar-refractivity contribution is 0.0988. The number of benzene rings is 1. The highest BCUT2D eigenvalue weighted by Crippen LogP contribution is 2.23. The minimum Gasteiger partial charge on any atom is -0.453 e. The lowest BCUT2D eigenvalue weighted by Crippen LogP contribution is -2.14. The van der Waals surface area contributed by atoms with Gasteiger partial charge in [0, 0.05) is 12.5 Å². The number of aliphatic hydroxyl groups is 1. The largest absolute Gasteiger partial charge is 0.453 e. The van der Waals surface area contributed by atoms with Crippen molar-refractivity contribution in [1.29, 1.82) is 0 Å². The van der Waals surface area contributed by atoms with Crippen LogP contribution < -0.4 is 5.32 Å². The van der Waals surface area contributed by atoms with E-state index in [1.807, 2.05) is 24.3 Å². The number of carbonyl (C=O) groups is 1. The maximum atomic E-state index is 11.1. The molecule has 0 saturated carbocycles. The fraction of sp³-hybridized carbons (Fsp3) is 0.214. The summed E-state index contributed by atoms with van der Waals surface area (Å²) < 4.78 is 5.43. The van der Waals surface area contributed by atoms with Gasteiger partial charge >= 0.3 is 0 Å². The fourth-order valence-electron chi connectivity index (χ4n) is 1.68. The molecule has 2 N–H and O–H groups in total. The average Bonchev–Trinajstić information content (AvgIpc) is 2.88. The van der Waals surface area contributed by atoms with Gasteiger partial charge in [-0.15, -0.1) is 0 Å². The molecule has 0 amide bonds. The Morgan fingerprint density at radius 3 is 2.39 bits per heavy atom. The van der Waals surface area contributed by atoms with Gasteiger partial charge in [-0.05, 0) is 24.7 Å². The molecule has 0 aliphatic heterocycles. The van der Waals surface area contributed by atoms with Crippen molar-refractivity contribution < 1.29 is 14.3 Å². The minimum atomic E-state index is -0.677. The second-order valence-corrected chi connectivity index (χ2v) is 4.03. The summed E-state index contributed by atoms with van der Waals surface area (Å²) in [6, 6.07) is 10.7. The van der Waals surface area contributed by atoms with Crippen molar-refractivity contribution in [3.05, 3.63) is 47.7 Å². The topological polar surface area (TPSA) is 62.5 Å². The first kappa shape index (κ1) is 12.5. The molecule has 0 aliphatic rings. The molecule has 0 bridgehead atoms. The number of aliphatic hydroxyl groups excluding tert-OH is 1. The van der Waals surface area contributed by atoms with E-state index in [0.29, 0.717) is 11.5 Å². The van der Waals surface area contributed by atoms with Crippen LogP contribution in [0, 0.1) is 0 Å². The van der Waals surface area contributed by atoms with Crippen LogP contribution in [0.1, 0.15) is 29.3 Å². The first-order valence-corrected chi connectivity index (χ1v) is 5.68. The Labute approximate surface area is 105 Å². The molecule has 1 aromatic carbocycles. The van der Waals surface area contributed by atoms with Crippen molar-refractivity contribution in [2.75, 3.05) is 7.05 Å². The summed E-state index contributed by atoms with van der Waals surface area (Å²) in [6.07, 6.45) is -0.677. The van der Waals surface area contributed by atoms with Crippen LogP contribution in [0.5, 0.6) is 0 Å². The van der Waals surface area contributed by atoms with E-state index in [2.05, 4.69) is 5.32 Å². The van der Waals surface area contributed by atoms with Crippen LogP contribution in [0.15, 0.2) is 40.8 Å². The van der Waals surface area contributed by atoms with Crippen LogP contribution in [-0.4, -0.2) is 17.9 Å². The highest BCUT2D eigenvalue weighted by molar-refractivity contribution is 5.91. The Bertz CT molecular complexity index is 542. The van der Waals surface area contributed by atoms with Gasteiger partial charge in [0.2, 0.25) is 0 Å². The van der Waals surface area contributed by atoms with Crippen molar-refractivity contribution in [3.63, 3.8) is 0 Å². The zero-order valence-electron chi connectivity index (χ0n) is 10.3. The number of ketones is 1. The minimum absolute atomic E-state index is 0.0940. The van der Waals surface area contributed by atoms with E-state index in [0.717, 1.165) is 11.1 Å². The molecule has 0 spiro atoms. The van der Waals surface area contributed by atoms with Crippen molar-refractivity contribution in [2.45, 2.75) is 13.2 Å². The Morgan fingerprint density at radius 2 is 1.89 bits per heavy atom. The van der Waals surface area contributed by atoms with Crippen molar-refractivity contribution in [3.8, 4) is 11.3 Å². The normalized spacial score (nSPS) is 12.4. The molecule has 0 saturated heterocycles. The zero-order chi connectivity index (χ0) is 13.1. The summed E-state index contributed by atoms with van der Waals surface area (Å²) in [5, 5.41) is 12.3. The average molecular weight is 245 g/mol. The fourth-order valence-corrected chi connectivity index (χ4v) is 1.68. The van der Waals surface area contributed by atoms with Crippen molar-refractivity contribution >= 4 is 5.78 Å². The quantitative estimate of drug-likeness (QED) is 0.641. The third kappa shape index (κ3) is 2.50. The molecule has 2 rings (SSSR count). The monoisotopic (exact) mass is 245 g/mol. The second kappa shape index (κ2) is 5.16. The molecule has 1 aromatic heterocycles. The van der Waals surface area contributed by atoms with Gasteiger partial charge in [0.05, 0.1) is 0 Å². The number of carbonyl (C=O) groups excluding carboxylic acids is 1. The SMILES string of the molecule is CNC(O)c1ccc(-c2ccc(C(C)=O)o2)cc1. The lowest BCUT2D eigenvalue weighted by Gasteiger charge is -2.09. The summed E-state index contributed by atoms with van der Waals surface area (Å²) in [4.78, 5) is 11.1. The molecule has 1 atom stereocenters. The van der Waals surface area contributed by atoms with E-state index in [1.165, 1.54) is 6.92 Å². The van der Waals surface area contributed by atoms with Crippen LogP contribution in [0.4, 0.5) is 0 Å². The number of Topliss-reactive ketones (excluding diaryl/α,β-unsaturated/α-hetero) is 1. The second-order valence-electron chi connectivity index (χ2n) is 4.03. The van der Waals surface area contributed by atoms with Gasteiger partial charge in [-0.3, -0.25) is 10.1 Å². The number of furan rings is 1. The maximum Gasteiger partial charge on any atom is 0.194 e. The summed E-state index contributed by atoms with van der Waals surface area (Å²) in [5.74, 6) is 0.901. The van der Waals surface area contributed by atoms with Gasteiger partial charge in [0.1, 0.15) is 12.0 Å². The summed E-state index contributed by atoms with van der Waals surface area (Å²) >= 11 is 0. The molecule has 0 radical (unpaired) electrons. The van der Waals surface area contributed by atoms with E-state index >= 15 is 0 Å². The molecule has 0 aliphatic carbocycles. The number of hydrogen-bond acceptors (Lipinski definition) is 4. The first-order valence-electron chi connectivity index (χ1n) is 5.68. The summed E-state index contributed by atoms with van der Waals surface area (Å²) in [5.41, 5.74) is 1.65. The Hall–Kier alpha value is -1.91. The lowest BCUT2D eigenvalue weighted by atomic mass is 10.1. The third-order valence-corrected chi connectivity index (χ3v) is 2.74. The van der Waals surface area contributed by atoms with Crippen LogP contribution in [0.2, 0.25) is 0 Å². The molecule has 1 heterocycles. The molecular formula is C14H15NO3. The Kier molecular flexibility index (Phi) is 3.60. The van der Waals surface area contributed by atoms with Crippen molar-refractivity contribution in [2.24, 2.45) is 0 Å². The Morgan fingerprint density at radius 1 is 1.22 bits per heavy atom. The molecule has 2 aromatic rings. The standard InChI is InChI=1S/C14H15NO3/c1-9(16)12-7-8-13(18-12)10-3-5-11(6-4-10)14(17)15-2/h3-8,14-15,17H,1-2H3. The van der Waals surface area contributed by atoms with Crippen LogP contribution in [0.25, 0.3) is 11.3 Å². The van der Waals surface area contributed by atoms with Crippen LogP contribution in [0.3, 0.4) is 0 Å². The van der Waals surface area contributed by atoms with E-state index in [9.17, 15) is 9.90 Å². The van der Waals surface area contributed by atoms with E-state index in [4.69, 9.17) is 4.42 Å². The highest BCUT2D eigenvalue weighted by Gasteiger charge is 2.09. The van der Waals surface area contributed by atoms with Crippen LogP contribution in [-0.2, 0) is 0 Å². The predicted molar refractivity (Wildman–Crippen MR) is 68.2 cm³/mol. The first-order chi connectivity index (χ1) is 8.61. The summed E-state index contributed by atoms with van der Waals surface area (Å²) in [7, 11) is 1.68. The third-order valence-electron chi connectivity index (χ3n) is 2.74. The zero-order valence-corrected chi connectivity index (χ0v) is 10.3.